The summed E-state index contributed by atoms with van der Waals surface area (Å²) in [5.74, 6) is 0.919. The lowest BCUT2D eigenvalue weighted by atomic mass is 9.95. The first-order valence-electron chi connectivity index (χ1n) is 11.4. The van der Waals surface area contributed by atoms with Gasteiger partial charge in [-0.25, -0.2) is 4.79 Å². The van der Waals surface area contributed by atoms with Crippen LogP contribution < -0.4 is 10.1 Å². The smallest absolute Gasteiger partial charge is 0.415 e. The van der Waals surface area contributed by atoms with Gasteiger partial charge in [0.2, 0.25) is 5.60 Å². The number of carbonyl (C=O) groups excluding carboxylic acids is 2. The molecule has 1 atom stereocenters. The summed E-state index contributed by atoms with van der Waals surface area (Å²) in [7, 11) is 1.85. The standard InChI is InChI=1S/C27H25N3O5/c1-4-6-16-13-17(24-21-11-10-19(31)15-22(21)30(3)29-24)9-12-23(16)34-20-8-5-7-18(14-20)27(2)25(32)28-26(33)35-27/h5,7-15,31H,4,6H2,1-3H3,(H,28,32,33)/t27-/m1/s1. The quantitative estimate of drug-likeness (QED) is 0.402. The zero-order chi connectivity index (χ0) is 24.7. The SMILES string of the molecule is CCCc1cc(-c2nn(C)c3cc(O)ccc23)ccc1Oc1cccc([C@@]2(C)OC(=O)NC2=O)c1. The number of rotatable bonds is 6. The van der Waals surface area contributed by atoms with Crippen molar-refractivity contribution in [1.82, 2.24) is 15.1 Å². The van der Waals surface area contributed by atoms with Crippen molar-refractivity contribution in [2.45, 2.75) is 32.3 Å². The third-order valence-electron chi connectivity index (χ3n) is 6.25. The van der Waals surface area contributed by atoms with Crippen LogP contribution in [0.15, 0.2) is 60.7 Å². The number of fused-ring (bicyclic) bond motifs is 1. The van der Waals surface area contributed by atoms with Crippen molar-refractivity contribution in [1.29, 1.82) is 0 Å². The van der Waals surface area contributed by atoms with Gasteiger partial charge >= 0.3 is 6.09 Å². The summed E-state index contributed by atoms with van der Waals surface area (Å²) in [5.41, 5.74) is 2.77. The first-order chi connectivity index (χ1) is 16.8. The van der Waals surface area contributed by atoms with E-state index in [0.717, 1.165) is 40.6 Å². The van der Waals surface area contributed by atoms with E-state index in [9.17, 15) is 14.7 Å². The highest BCUT2D eigenvalue weighted by Crippen LogP contribution is 2.36. The number of cyclic esters (lactones) is 1. The number of phenols is 1. The Kier molecular flexibility index (Phi) is 5.43. The maximum atomic E-state index is 12.3. The fourth-order valence-electron chi connectivity index (χ4n) is 4.39. The number of hydrogen-bond donors (Lipinski definition) is 2. The van der Waals surface area contributed by atoms with Gasteiger partial charge in [0.05, 0.1) is 5.52 Å². The van der Waals surface area contributed by atoms with Crippen molar-refractivity contribution in [3.8, 4) is 28.5 Å². The van der Waals surface area contributed by atoms with Crippen LogP contribution in [0.1, 0.15) is 31.4 Å². The normalized spacial score (nSPS) is 17.5. The minimum atomic E-state index is -1.40. The monoisotopic (exact) mass is 471 g/mol. The van der Waals surface area contributed by atoms with E-state index in [1.807, 2.05) is 25.2 Å². The van der Waals surface area contributed by atoms with Gasteiger partial charge < -0.3 is 14.6 Å². The van der Waals surface area contributed by atoms with E-state index in [4.69, 9.17) is 9.47 Å². The number of aryl methyl sites for hydroxylation is 2. The summed E-state index contributed by atoms with van der Waals surface area (Å²) in [6, 6.07) is 18.2. The number of ether oxygens (including phenoxy) is 2. The molecule has 8 heteroatoms. The molecule has 178 valence electrons. The number of imide groups is 1. The Morgan fingerprint density at radius 3 is 2.69 bits per heavy atom. The van der Waals surface area contributed by atoms with Crippen LogP contribution in [0.2, 0.25) is 0 Å². The molecular formula is C27H25N3O5. The third-order valence-corrected chi connectivity index (χ3v) is 6.25. The predicted molar refractivity (Wildman–Crippen MR) is 130 cm³/mol. The number of aromatic nitrogens is 2. The summed E-state index contributed by atoms with van der Waals surface area (Å²) in [6.07, 6.45) is 0.957. The fraction of sp³-hybridized carbons (Fsp3) is 0.222. The molecule has 2 heterocycles. The Bertz CT molecular complexity index is 1480. The lowest BCUT2D eigenvalue weighted by Gasteiger charge is -2.20. The molecule has 0 bridgehead atoms. The molecule has 0 aliphatic carbocycles. The second kappa shape index (κ2) is 8.47. The molecule has 1 aliphatic heterocycles. The van der Waals surface area contributed by atoms with E-state index in [-0.39, 0.29) is 5.75 Å². The van der Waals surface area contributed by atoms with E-state index in [2.05, 4.69) is 23.4 Å². The predicted octanol–water partition coefficient (Wildman–Crippen LogP) is 5.17. The maximum Gasteiger partial charge on any atom is 0.415 e. The molecule has 1 fully saturated rings. The number of hydrogen-bond acceptors (Lipinski definition) is 6. The second-order valence-electron chi connectivity index (χ2n) is 8.75. The molecule has 0 unspecified atom stereocenters. The minimum absolute atomic E-state index is 0.198. The first kappa shape index (κ1) is 22.5. The number of amides is 2. The third kappa shape index (κ3) is 3.97. The molecule has 0 radical (unpaired) electrons. The molecule has 35 heavy (non-hydrogen) atoms. The van der Waals surface area contributed by atoms with Gasteiger partial charge in [0.25, 0.3) is 5.91 Å². The number of nitrogens with one attached hydrogen (secondary N) is 1. The lowest BCUT2D eigenvalue weighted by molar-refractivity contribution is -0.130. The van der Waals surface area contributed by atoms with Crippen molar-refractivity contribution in [3.05, 3.63) is 71.8 Å². The van der Waals surface area contributed by atoms with Crippen molar-refractivity contribution < 1.29 is 24.2 Å². The summed E-state index contributed by atoms with van der Waals surface area (Å²) in [6.45, 7) is 3.66. The van der Waals surface area contributed by atoms with E-state index in [1.54, 1.807) is 48.0 Å². The molecule has 1 saturated heterocycles. The fourth-order valence-corrected chi connectivity index (χ4v) is 4.39. The Morgan fingerprint density at radius 1 is 1.11 bits per heavy atom. The van der Waals surface area contributed by atoms with Crippen molar-refractivity contribution in [2.24, 2.45) is 7.05 Å². The van der Waals surface area contributed by atoms with Crippen molar-refractivity contribution >= 4 is 22.9 Å². The molecular weight excluding hydrogens is 446 g/mol. The first-order valence-corrected chi connectivity index (χ1v) is 11.4. The molecule has 4 aromatic rings. The number of aromatic hydroxyl groups is 1. The van der Waals surface area contributed by atoms with E-state index >= 15 is 0 Å². The van der Waals surface area contributed by atoms with Gasteiger partial charge in [-0.05, 0) is 61.4 Å². The molecule has 5 rings (SSSR count). The van der Waals surface area contributed by atoms with Crippen LogP contribution >= 0.6 is 0 Å². The van der Waals surface area contributed by atoms with Gasteiger partial charge in [0, 0.05) is 29.6 Å². The Hall–Kier alpha value is -4.33. The minimum Gasteiger partial charge on any atom is -0.508 e. The summed E-state index contributed by atoms with van der Waals surface area (Å²) in [4.78, 5) is 23.9. The Morgan fingerprint density at radius 2 is 1.94 bits per heavy atom. The van der Waals surface area contributed by atoms with Gasteiger partial charge in [-0.15, -0.1) is 0 Å². The van der Waals surface area contributed by atoms with E-state index < -0.39 is 17.6 Å². The van der Waals surface area contributed by atoms with Gasteiger partial charge in [0.15, 0.2) is 0 Å². The van der Waals surface area contributed by atoms with Gasteiger partial charge in [-0.2, -0.15) is 5.10 Å². The van der Waals surface area contributed by atoms with Crippen LogP contribution in [0.25, 0.3) is 22.2 Å². The van der Waals surface area contributed by atoms with E-state index in [1.165, 1.54) is 0 Å². The maximum absolute atomic E-state index is 12.3. The second-order valence-corrected chi connectivity index (χ2v) is 8.75. The average Bonchev–Trinajstić information content (AvgIpc) is 3.30. The highest BCUT2D eigenvalue weighted by molar-refractivity contribution is 6.03. The molecule has 2 N–H and O–H groups in total. The molecule has 1 aliphatic rings. The molecule has 2 amide bonds. The number of phenolic OH excluding ortho intramolecular Hbond substituents is 1. The highest BCUT2D eigenvalue weighted by atomic mass is 16.6. The Balaban J connectivity index is 1.50. The van der Waals surface area contributed by atoms with Crippen molar-refractivity contribution in [3.63, 3.8) is 0 Å². The number of benzene rings is 3. The summed E-state index contributed by atoms with van der Waals surface area (Å²) >= 11 is 0. The molecule has 0 saturated carbocycles. The van der Waals surface area contributed by atoms with Crippen LogP contribution in [-0.2, 0) is 28.6 Å². The largest absolute Gasteiger partial charge is 0.508 e. The van der Waals surface area contributed by atoms with Gasteiger partial charge in [0.1, 0.15) is 22.9 Å². The molecule has 1 aromatic heterocycles. The van der Waals surface area contributed by atoms with E-state index in [0.29, 0.717) is 17.1 Å². The van der Waals surface area contributed by atoms with Crippen LogP contribution in [0.4, 0.5) is 4.79 Å². The highest BCUT2D eigenvalue weighted by Gasteiger charge is 2.46. The van der Waals surface area contributed by atoms with Crippen LogP contribution in [0.5, 0.6) is 17.2 Å². The van der Waals surface area contributed by atoms with Crippen LogP contribution in [-0.4, -0.2) is 26.9 Å². The van der Waals surface area contributed by atoms with Crippen molar-refractivity contribution in [2.75, 3.05) is 0 Å². The lowest BCUT2D eigenvalue weighted by Crippen LogP contribution is -2.33. The Labute approximate surface area is 202 Å². The molecule has 0 spiro atoms. The average molecular weight is 472 g/mol. The number of carbonyl (C=O) groups is 2. The van der Waals surface area contributed by atoms with Crippen LogP contribution in [0, 0.1) is 0 Å². The zero-order valence-corrected chi connectivity index (χ0v) is 19.7. The van der Waals surface area contributed by atoms with Gasteiger partial charge in [-0.1, -0.05) is 25.5 Å². The van der Waals surface area contributed by atoms with Crippen LogP contribution in [0.3, 0.4) is 0 Å². The van der Waals surface area contributed by atoms with Gasteiger partial charge in [-0.3, -0.25) is 14.8 Å². The summed E-state index contributed by atoms with van der Waals surface area (Å²) < 4.78 is 13.2. The summed E-state index contributed by atoms with van der Waals surface area (Å²) in [5, 5.41) is 17.7. The molecule has 8 nitrogen and oxygen atoms in total. The number of nitrogens with zero attached hydrogens (tertiary/aromatic N) is 2. The topological polar surface area (TPSA) is 103 Å². The zero-order valence-electron chi connectivity index (χ0n) is 19.7. The molecule has 3 aromatic carbocycles. The number of alkyl carbamates (subject to hydrolysis) is 1.